The number of nitrogens with one attached hydrogen (secondary N) is 2. The van der Waals surface area contributed by atoms with Gasteiger partial charge in [0.25, 0.3) is 5.91 Å². The zero-order valence-corrected chi connectivity index (χ0v) is 17.1. The van der Waals surface area contributed by atoms with Crippen LogP contribution in [0.1, 0.15) is 27.0 Å². The number of hydrogen-bond acceptors (Lipinski definition) is 5. The zero-order valence-electron chi connectivity index (χ0n) is 17.1. The molecule has 0 spiro atoms. The SMILES string of the molecule is Cc1cc(C)cc(NC(=O)c2ccc(Nc3ncc(C)c(-c4ccoc4)n3)cc2)c1. The Hall–Kier alpha value is -3.93. The Bertz CT molecular complexity index is 1160. The zero-order chi connectivity index (χ0) is 21.1. The lowest BCUT2D eigenvalue weighted by Gasteiger charge is -2.10. The maximum Gasteiger partial charge on any atom is 0.255 e. The van der Waals surface area contributed by atoms with Gasteiger partial charge in [0, 0.05) is 28.7 Å². The van der Waals surface area contributed by atoms with Crippen LogP contribution in [0.5, 0.6) is 0 Å². The highest BCUT2D eigenvalue weighted by Gasteiger charge is 2.10. The molecule has 1 amide bonds. The Morgan fingerprint density at radius 3 is 2.33 bits per heavy atom. The smallest absolute Gasteiger partial charge is 0.255 e. The highest BCUT2D eigenvalue weighted by atomic mass is 16.3. The van der Waals surface area contributed by atoms with E-state index in [0.717, 1.165) is 39.3 Å². The van der Waals surface area contributed by atoms with E-state index in [-0.39, 0.29) is 5.91 Å². The number of nitrogens with zero attached hydrogens (tertiary/aromatic N) is 2. The molecular formula is C24H22N4O2. The van der Waals surface area contributed by atoms with Gasteiger partial charge < -0.3 is 15.1 Å². The number of furan rings is 1. The fourth-order valence-electron chi connectivity index (χ4n) is 3.28. The lowest BCUT2D eigenvalue weighted by atomic mass is 10.1. The van der Waals surface area contributed by atoms with Crippen LogP contribution in [0, 0.1) is 20.8 Å². The van der Waals surface area contributed by atoms with Gasteiger partial charge in [-0.2, -0.15) is 0 Å². The van der Waals surface area contributed by atoms with E-state index >= 15 is 0 Å². The Balaban J connectivity index is 1.47. The summed E-state index contributed by atoms with van der Waals surface area (Å²) < 4.78 is 5.15. The molecule has 0 bridgehead atoms. The van der Waals surface area contributed by atoms with Gasteiger partial charge in [0.05, 0.1) is 18.2 Å². The molecule has 0 aliphatic rings. The lowest BCUT2D eigenvalue weighted by Crippen LogP contribution is -2.12. The highest BCUT2D eigenvalue weighted by molar-refractivity contribution is 6.04. The molecule has 2 aromatic carbocycles. The van der Waals surface area contributed by atoms with E-state index in [2.05, 4.69) is 26.7 Å². The van der Waals surface area contributed by atoms with Crippen LogP contribution in [0.3, 0.4) is 0 Å². The van der Waals surface area contributed by atoms with Crippen molar-refractivity contribution in [2.24, 2.45) is 0 Å². The molecule has 0 fully saturated rings. The predicted octanol–water partition coefficient (Wildman–Crippen LogP) is 5.66. The molecule has 0 saturated carbocycles. The molecule has 0 aliphatic heterocycles. The summed E-state index contributed by atoms with van der Waals surface area (Å²) in [4.78, 5) is 21.5. The molecule has 0 unspecified atom stereocenters. The molecule has 0 atom stereocenters. The van der Waals surface area contributed by atoms with Crippen LogP contribution in [0.4, 0.5) is 17.3 Å². The average molecular weight is 398 g/mol. The Morgan fingerprint density at radius 1 is 0.933 bits per heavy atom. The summed E-state index contributed by atoms with van der Waals surface area (Å²) in [5, 5.41) is 6.13. The molecule has 6 heteroatoms. The Labute approximate surface area is 175 Å². The monoisotopic (exact) mass is 398 g/mol. The van der Waals surface area contributed by atoms with Crippen molar-refractivity contribution in [3.63, 3.8) is 0 Å². The fraction of sp³-hybridized carbons (Fsp3) is 0.125. The number of rotatable bonds is 5. The van der Waals surface area contributed by atoms with Gasteiger partial charge in [-0.05, 0) is 79.9 Å². The molecule has 0 aliphatic carbocycles. The molecule has 150 valence electrons. The summed E-state index contributed by atoms with van der Waals surface area (Å²) in [6.45, 7) is 5.97. The molecule has 4 aromatic rings. The van der Waals surface area contributed by atoms with Gasteiger partial charge >= 0.3 is 0 Å². The Kier molecular flexibility index (Phi) is 5.30. The minimum atomic E-state index is -0.152. The van der Waals surface area contributed by atoms with Crippen molar-refractivity contribution < 1.29 is 9.21 Å². The second-order valence-corrected chi connectivity index (χ2v) is 7.27. The van der Waals surface area contributed by atoms with Crippen molar-refractivity contribution in [2.75, 3.05) is 10.6 Å². The molecule has 4 rings (SSSR count). The molecule has 0 saturated heterocycles. The van der Waals surface area contributed by atoms with E-state index in [1.54, 1.807) is 30.9 Å². The second-order valence-electron chi connectivity index (χ2n) is 7.27. The van der Waals surface area contributed by atoms with Crippen molar-refractivity contribution >= 4 is 23.2 Å². The predicted molar refractivity (Wildman–Crippen MR) is 118 cm³/mol. The van der Waals surface area contributed by atoms with Crippen LogP contribution in [0.15, 0.2) is 71.7 Å². The van der Waals surface area contributed by atoms with E-state index in [9.17, 15) is 4.79 Å². The molecule has 6 nitrogen and oxygen atoms in total. The van der Waals surface area contributed by atoms with Crippen molar-refractivity contribution in [2.45, 2.75) is 20.8 Å². The highest BCUT2D eigenvalue weighted by Crippen LogP contribution is 2.23. The molecular weight excluding hydrogens is 376 g/mol. The topological polar surface area (TPSA) is 80.0 Å². The number of hydrogen-bond donors (Lipinski definition) is 2. The molecule has 2 N–H and O–H groups in total. The standard InChI is InChI=1S/C24H22N4O2/c1-15-10-16(2)12-21(11-15)26-23(29)18-4-6-20(7-5-18)27-24-25-13-17(3)22(28-24)19-8-9-30-14-19/h4-14H,1-3H3,(H,26,29)(H,25,27,28). The summed E-state index contributed by atoms with van der Waals surface area (Å²) >= 11 is 0. The third-order valence-electron chi connectivity index (χ3n) is 4.65. The largest absolute Gasteiger partial charge is 0.472 e. The molecule has 2 aromatic heterocycles. The van der Waals surface area contributed by atoms with Crippen LogP contribution in [-0.2, 0) is 0 Å². The minimum Gasteiger partial charge on any atom is -0.472 e. The van der Waals surface area contributed by atoms with E-state index < -0.39 is 0 Å². The second kappa shape index (κ2) is 8.21. The van der Waals surface area contributed by atoms with Crippen molar-refractivity contribution in [1.82, 2.24) is 9.97 Å². The summed E-state index contributed by atoms with van der Waals surface area (Å²) in [7, 11) is 0. The summed E-state index contributed by atoms with van der Waals surface area (Å²) in [6.07, 6.45) is 5.04. The number of amides is 1. The van der Waals surface area contributed by atoms with Gasteiger partial charge in [-0.1, -0.05) is 6.07 Å². The summed E-state index contributed by atoms with van der Waals surface area (Å²) in [5.41, 5.74) is 7.04. The van der Waals surface area contributed by atoms with Crippen LogP contribution in [0.25, 0.3) is 11.3 Å². The van der Waals surface area contributed by atoms with E-state index in [1.807, 2.05) is 51.1 Å². The first-order chi connectivity index (χ1) is 14.5. The third kappa shape index (κ3) is 4.38. The van der Waals surface area contributed by atoms with Crippen LogP contribution >= 0.6 is 0 Å². The van der Waals surface area contributed by atoms with E-state index in [4.69, 9.17) is 4.42 Å². The maximum atomic E-state index is 12.6. The molecule has 30 heavy (non-hydrogen) atoms. The van der Waals surface area contributed by atoms with Gasteiger partial charge in [0.2, 0.25) is 5.95 Å². The van der Waals surface area contributed by atoms with Gasteiger partial charge in [-0.3, -0.25) is 4.79 Å². The fourth-order valence-corrected chi connectivity index (χ4v) is 3.28. The number of carbonyl (C=O) groups is 1. The van der Waals surface area contributed by atoms with Gasteiger partial charge in [-0.25, -0.2) is 9.97 Å². The summed E-state index contributed by atoms with van der Waals surface area (Å²) in [6, 6.07) is 15.0. The van der Waals surface area contributed by atoms with E-state index in [0.29, 0.717) is 11.5 Å². The van der Waals surface area contributed by atoms with Crippen molar-refractivity contribution in [3.8, 4) is 11.3 Å². The number of carbonyl (C=O) groups excluding carboxylic acids is 1. The first kappa shape index (κ1) is 19.4. The van der Waals surface area contributed by atoms with Crippen LogP contribution in [-0.4, -0.2) is 15.9 Å². The lowest BCUT2D eigenvalue weighted by molar-refractivity contribution is 0.102. The normalized spacial score (nSPS) is 10.6. The van der Waals surface area contributed by atoms with Gasteiger partial charge in [0.15, 0.2) is 0 Å². The van der Waals surface area contributed by atoms with E-state index in [1.165, 1.54) is 0 Å². The van der Waals surface area contributed by atoms with Crippen molar-refractivity contribution in [3.05, 3.63) is 89.5 Å². The molecule has 2 heterocycles. The van der Waals surface area contributed by atoms with Gasteiger partial charge in [0.1, 0.15) is 0 Å². The Morgan fingerprint density at radius 2 is 1.67 bits per heavy atom. The summed E-state index contributed by atoms with van der Waals surface area (Å²) in [5.74, 6) is 0.324. The number of aryl methyl sites for hydroxylation is 3. The first-order valence-corrected chi connectivity index (χ1v) is 9.61. The average Bonchev–Trinajstić information content (AvgIpc) is 3.24. The van der Waals surface area contributed by atoms with Crippen molar-refractivity contribution in [1.29, 1.82) is 0 Å². The number of anilines is 3. The maximum absolute atomic E-state index is 12.6. The number of benzene rings is 2. The minimum absolute atomic E-state index is 0.152. The number of aromatic nitrogens is 2. The van der Waals surface area contributed by atoms with Crippen LogP contribution in [0.2, 0.25) is 0 Å². The quantitative estimate of drug-likeness (QED) is 0.453. The van der Waals surface area contributed by atoms with Gasteiger partial charge in [-0.15, -0.1) is 0 Å². The first-order valence-electron chi connectivity index (χ1n) is 9.61. The third-order valence-corrected chi connectivity index (χ3v) is 4.65. The van der Waals surface area contributed by atoms with Crippen LogP contribution < -0.4 is 10.6 Å². The molecule has 0 radical (unpaired) electrons.